The monoisotopic (exact) mass is 401 g/mol. The lowest BCUT2D eigenvalue weighted by molar-refractivity contribution is 0.685. The van der Waals surface area contributed by atoms with Gasteiger partial charge in [-0.15, -0.1) is 5.10 Å². The summed E-state index contributed by atoms with van der Waals surface area (Å²) in [5.41, 5.74) is 8.04. The number of rotatable bonds is 2. The molecule has 0 fully saturated rings. The molecule has 0 radical (unpaired) electrons. The Bertz CT molecular complexity index is 1350. The Balaban J connectivity index is 1.55. The number of aryl methyl sites for hydroxylation is 3. The molecule has 5 rings (SSSR count). The van der Waals surface area contributed by atoms with Crippen molar-refractivity contribution in [2.24, 2.45) is 7.05 Å². The average Bonchev–Trinajstić information content (AvgIpc) is 2.98. The molecule has 1 aliphatic rings. The van der Waals surface area contributed by atoms with Crippen LogP contribution >= 0.6 is 0 Å². The summed E-state index contributed by atoms with van der Waals surface area (Å²) in [4.78, 5) is 23.4. The van der Waals surface area contributed by atoms with E-state index in [0.29, 0.717) is 12.2 Å². The quantitative estimate of drug-likeness (QED) is 0.513. The van der Waals surface area contributed by atoms with Gasteiger partial charge in [-0.25, -0.2) is 4.98 Å². The molecule has 8 heteroatoms. The predicted molar refractivity (Wildman–Crippen MR) is 115 cm³/mol. The second kappa shape index (κ2) is 6.76. The summed E-state index contributed by atoms with van der Waals surface area (Å²) in [6, 6.07) is 5.56. The standard InChI is InChI=1S/C22H23N7O/c1-13-9-19-23-7-5-20(30)29(19)26-22(13)28-8-6-18-17(12-28)10-16(11-24-18)21-14(2)25-27(4)15(21)3/h5,7,9-11H,6,8,12H2,1-4H3. The third-order valence-corrected chi connectivity index (χ3v) is 5.88. The van der Waals surface area contributed by atoms with Crippen LogP contribution in [-0.2, 0) is 20.0 Å². The van der Waals surface area contributed by atoms with Crippen molar-refractivity contribution >= 4 is 11.5 Å². The SMILES string of the molecule is Cc1cc2nccc(=O)n2nc1N1CCc2ncc(-c3c(C)nn(C)c3C)cc2C1. The Morgan fingerprint density at radius 3 is 2.67 bits per heavy atom. The van der Waals surface area contributed by atoms with Gasteiger partial charge in [-0.2, -0.15) is 9.61 Å². The van der Waals surface area contributed by atoms with Crippen molar-refractivity contribution in [1.82, 2.24) is 29.4 Å². The molecule has 0 unspecified atom stereocenters. The van der Waals surface area contributed by atoms with E-state index in [1.54, 1.807) is 0 Å². The van der Waals surface area contributed by atoms with Gasteiger partial charge < -0.3 is 4.90 Å². The average molecular weight is 401 g/mol. The molecule has 4 aromatic rings. The van der Waals surface area contributed by atoms with Crippen molar-refractivity contribution in [3.63, 3.8) is 0 Å². The van der Waals surface area contributed by atoms with Gasteiger partial charge in [0.25, 0.3) is 5.56 Å². The van der Waals surface area contributed by atoms with E-state index < -0.39 is 0 Å². The Hall–Kier alpha value is -3.55. The summed E-state index contributed by atoms with van der Waals surface area (Å²) in [6.07, 6.45) is 4.31. The minimum absolute atomic E-state index is 0.176. The zero-order valence-electron chi connectivity index (χ0n) is 17.5. The first-order chi connectivity index (χ1) is 14.4. The van der Waals surface area contributed by atoms with E-state index in [9.17, 15) is 4.79 Å². The lowest BCUT2D eigenvalue weighted by Gasteiger charge is -2.30. The Morgan fingerprint density at radius 1 is 1.07 bits per heavy atom. The largest absolute Gasteiger partial charge is 0.350 e. The van der Waals surface area contributed by atoms with Gasteiger partial charge in [-0.05, 0) is 44.0 Å². The molecule has 0 spiro atoms. The highest BCUT2D eigenvalue weighted by Gasteiger charge is 2.22. The summed E-state index contributed by atoms with van der Waals surface area (Å²) in [5, 5.41) is 9.16. The summed E-state index contributed by atoms with van der Waals surface area (Å²) >= 11 is 0. The van der Waals surface area contributed by atoms with E-state index in [0.717, 1.165) is 52.6 Å². The van der Waals surface area contributed by atoms with Crippen molar-refractivity contribution in [2.45, 2.75) is 33.7 Å². The molecule has 0 saturated carbocycles. The number of hydrogen-bond donors (Lipinski definition) is 0. The molecule has 8 nitrogen and oxygen atoms in total. The lowest BCUT2D eigenvalue weighted by atomic mass is 9.99. The van der Waals surface area contributed by atoms with Crippen molar-refractivity contribution < 1.29 is 0 Å². The number of nitrogens with zero attached hydrogens (tertiary/aromatic N) is 7. The van der Waals surface area contributed by atoms with Crippen LogP contribution in [0.1, 0.15) is 28.2 Å². The minimum Gasteiger partial charge on any atom is -0.350 e. The van der Waals surface area contributed by atoms with Crippen LogP contribution in [0.4, 0.5) is 5.82 Å². The molecule has 1 aliphatic heterocycles. The summed E-state index contributed by atoms with van der Waals surface area (Å²) in [5.74, 6) is 0.808. The molecule has 152 valence electrons. The molecule has 30 heavy (non-hydrogen) atoms. The number of anilines is 1. The normalized spacial score (nSPS) is 13.7. The first-order valence-corrected chi connectivity index (χ1v) is 10.0. The van der Waals surface area contributed by atoms with Crippen LogP contribution in [-0.4, -0.2) is 35.9 Å². The van der Waals surface area contributed by atoms with Crippen molar-refractivity contribution in [3.05, 3.63) is 69.2 Å². The maximum atomic E-state index is 12.2. The highest BCUT2D eigenvalue weighted by molar-refractivity contribution is 5.69. The van der Waals surface area contributed by atoms with Crippen LogP contribution in [0, 0.1) is 20.8 Å². The molecule has 0 N–H and O–H groups in total. The minimum atomic E-state index is -0.176. The van der Waals surface area contributed by atoms with E-state index >= 15 is 0 Å². The zero-order chi connectivity index (χ0) is 21.0. The van der Waals surface area contributed by atoms with Gasteiger partial charge in [-0.3, -0.25) is 14.5 Å². The molecule has 5 heterocycles. The molecule has 0 aromatic carbocycles. The molecule has 4 aromatic heterocycles. The third kappa shape index (κ3) is 2.87. The zero-order valence-corrected chi connectivity index (χ0v) is 17.5. The van der Waals surface area contributed by atoms with Crippen LogP contribution in [0.3, 0.4) is 0 Å². The smallest absolute Gasteiger partial charge is 0.274 e. The van der Waals surface area contributed by atoms with Gasteiger partial charge in [-0.1, -0.05) is 0 Å². The van der Waals surface area contributed by atoms with E-state index in [1.807, 2.05) is 37.8 Å². The third-order valence-electron chi connectivity index (χ3n) is 5.88. The van der Waals surface area contributed by atoms with Gasteiger partial charge in [0.1, 0.15) is 0 Å². The highest BCUT2D eigenvalue weighted by Crippen LogP contribution is 2.30. The van der Waals surface area contributed by atoms with Crippen molar-refractivity contribution in [1.29, 1.82) is 0 Å². The fourth-order valence-electron chi connectivity index (χ4n) is 4.29. The van der Waals surface area contributed by atoms with Gasteiger partial charge in [0.2, 0.25) is 0 Å². The summed E-state index contributed by atoms with van der Waals surface area (Å²) in [7, 11) is 1.96. The molecule has 0 amide bonds. The fraction of sp³-hybridized carbons (Fsp3) is 0.318. The van der Waals surface area contributed by atoms with Crippen LogP contribution in [0.15, 0.2) is 35.4 Å². The first-order valence-electron chi connectivity index (χ1n) is 10.0. The molecular formula is C22H23N7O. The Morgan fingerprint density at radius 2 is 1.90 bits per heavy atom. The van der Waals surface area contributed by atoms with E-state index in [2.05, 4.69) is 33.1 Å². The molecule has 0 atom stereocenters. The lowest BCUT2D eigenvalue weighted by Crippen LogP contribution is -2.33. The topological polar surface area (TPSA) is 81.2 Å². The van der Waals surface area contributed by atoms with Crippen LogP contribution in [0.5, 0.6) is 0 Å². The van der Waals surface area contributed by atoms with E-state index in [-0.39, 0.29) is 5.56 Å². The van der Waals surface area contributed by atoms with E-state index in [1.165, 1.54) is 22.3 Å². The maximum Gasteiger partial charge on any atom is 0.274 e. The number of hydrogen-bond acceptors (Lipinski definition) is 6. The van der Waals surface area contributed by atoms with E-state index in [4.69, 9.17) is 4.98 Å². The number of fused-ring (bicyclic) bond motifs is 2. The van der Waals surface area contributed by atoms with Gasteiger partial charge in [0.05, 0.1) is 5.69 Å². The number of aromatic nitrogens is 6. The summed E-state index contributed by atoms with van der Waals surface area (Å²) < 4.78 is 3.28. The van der Waals surface area contributed by atoms with Crippen molar-refractivity contribution in [3.8, 4) is 11.1 Å². The van der Waals surface area contributed by atoms with Crippen LogP contribution in [0.25, 0.3) is 16.8 Å². The molecule has 0 saturated heterocycles. The summed E-state index contributed by atoms with van der Waals surface area (Å²) in [6.45, 7) is 7.62. The van der Waals surface area contributed by atoms with Gasteiger partial charge >= 0.3 is 0 Å². The Kier molecular flexibility index (Phi) is 4.16. The second-order valence-corrected chi connectivity index (χ2v) is 7.87. The predicted octanol–water partition coefficient (Wildman–Crippen LogP) is 2.37. The Labute approximate surface area is 173 Å². The number of pyridine rings is 1. The second-order valence-electron chi connectivity index (χ2n) is 7.87. The van der Waals surface area contributed by atoms with Gasteiger partial charge in [0.15, 0.2) is 11.5 Å². The molecule has 0 aliphatic carbocycles. The van der Waals surface area contributed by atoms with Gasteiger partial charge in [0, 0.05) is 67.5 Å². The van der Waals surface area contributed by atoms with Crippen LogP contribution < -0.4 is 10.5 Å². The molecular weight excluding hydrogens is 378 g/mol. The molecule has 0 bridgehead atoms. The first kappa shape index (κ1) is 18.5. The van der Waals surface area contributed by atoms with Crippen molar-refractivity contribution in [2.75, 3.05) is 11.4 Å². The maximum absolute atomic E-state index is 12.2. The fourth-order valence-corrected chi connectivity index (χ4v) is 4.29. The van der Waals surface area contributed by atoms with Crippen LogP contribution in [0.2, 0.25) is 0 Å². The highest BCUT2D eigenvalue weighted by atomic mass is 16.1.